The molecule has 7 aliphatic heterocycles. The molecule has 0 aromatic heterocycles. The molecule has 17 nitrogen and oxygen atoms in total. The zero-order chi connectivity index (χ0) is 46.7. The first-order valence-corrected chi connectivity index (χ1v) is 23.4. The highest BCUT2D eigenvalue weighted by Gasteiger charge is 2.60. The number of methoxy groups -OCH3 is 3. The number of fused-ring (bicyclic) bond motifs is 6. The molecule has 17 heteroatoms. The highest BCUT2D eigenvalue weighted by Crippen LogP contribution is 2.57. The van der Waals surface area contributed by atoms with Crippen LogP contribution in [0.3, 0.4) is 0 Å². The largest absolute Gasteiger partial charge is 0.497 e. The highest BCUT2D eigenvalue weighted by atomic mass is 16.7. The van der Waals surface area contributed by atoms with Crippen LogP contribution in [0.15, 0.2) is 60.1 Å². The van der Waals surface area contributed by atoms with Gasteiger partial charge in [-0.1, -0.05) is 19.1 Å². The number of rotatable bonds is 11. The van der Waals surface area contributed by atoms with Crippen LogP contribution in [-0.2, 0) is 60.4 Å². The first kappa shape index (κ1) is 45.0. The lowest BCUT2D eigenvalue weighted by atomic mass is 9.77. The van der Waals surface area contributed by atoms with Crippen LogP contribution >= 0.6 is 0 Å². The number of nitrogens with zero attached hydrogens (tertiary/aromatic N) is 2. The summed E-state index contributed by atoms with van der Waals surface area (Å²) in [6.07, 6.45) is 11.5. The van der Waals surface area contributed by atoms with E-state index in [4.69, 9.17) is 47.4 Å². The monoisotopic (exact) mass is 926 g/mol. The molecule has 0 unspecified atom stereocenters. The van der Waals surface area contributed by atoms with Crippen molar-refractivity contribution in [2.24, 2.45) is 0 Å². The van der Waals surface area contributed by atoms with Gasteiger partial charge in [0.2, 0.25) is 19.7 Å². The van der Waals surface area contributed by atoms with E-state index in [2.05, 4.69) is 28.0 Å². The van der Waals surface area contributed by atoms with Gasteiger partial charge >= 0.3 is 23.9 Å². The van der Waals surface area contributed by atoms with Crippen LogP contribution in [-0.4, -0.2) is 135 Å². The van der Waals surface area contributed by atoms with Crippen molar-refractivity contribution in [3.05, 3.63) is 82.3 Å². The predicted octanol–water partition coefficient (Wildman–Crippen LogP) is 4.66. The molecule has 11 rings (SSSR count). The van der Waals surface area contributed by atoms with Crippen LogP contribution < -0.4 is 18.9 Å². The number of allylic oxidation sites excluding steroid dienone is 1. The zero-order valence-corrected chi connectivity index (χ0v) is 38.4. The Morgan fingerprint density at radius 2 is 1.27 bits per heavy atom. The molecule has 2 aliphatic carbocycles. The summed E-state index contributed by atoms with van der Waals surface area (Å²) in [5, 5.41) is 11.4. The summed E-state index contributed by atoms with van der Waals surface area (Å²) in [5.41, 5.74) is 1.70. The third-order valence-electron chi connectivity index (χ3n) is 15.2. The Labute approximate surface area is 388 Å². The molecular formula is C50H58N2O15. The maximum atomic E-state index is 13.6. The maximum absolute atomic E-state index is 13.6. The molecule has 3 fully saturated rings. The maximum Gasteiger partial charge on any atom is 0.348 e. The molecular weight excluding hydrogens is 869 g/mol. The predicted molar refractivity (Wildman–Crippen MR) is 235 cm³/mol. The minimum Gasteiger partial charge on any atom is -0.497 e. The second-order valence-electron chi connectivity index (χ2n) is 18.7. The molecule has 7 heterocycles. The Kier molecular flexibility index (Phi) is 11.9. The van der Waals surface area contributed by atoms with Gasteiger partial charge in [0.25, 0.3) is 0 Å². The molecule has 1 N–H and O–H groups in total. The summed E-state index contributed by atoms with van der Waals surface area (Å²) in [6, 6.07) is 8.14. The van der Waals surface area contributed by atoms with Crippen LogP contribution in [0.5, 0.6) is 23.0 Å². The SMILES string of the molecule is CC/C=C/C[C@@](O)(CC(=O)OC)C(=O)O[C@@H]1C(OC)=C[C@]23CCCN2CCc2cc4c(cc2[C@H]13)OCO4.COC1=C[C@]23CCCN2CCc2cc4c(cc2[C@@H]3[C@@H]1OC(=O)[C@H]1CC(=O)O1)OCO4. The number of ether oxygens (including phenoxy) is 10. The summed E-state index contributed by atoms with van der Waals surface area (Å²) in [6.45, 7) is 6.03. The Balaban J connectivity index is 0.000000160. The molecule has 0 radical (unpaired) electrons. The molecule has 358 valence electrons. The highest BCUT2D eigenvalue weighted by molar-refractivity contribution is 5.89. The van der Waals surface area contributed by atoms with Crippen LogP contribution in [0, 0.1) is 0 Å². The number of aliphatic hydroxyl groups is 1. The minimum atomic E-state index is -2.06. The number of hydrogen-bond donors (Lipinski definition) is 1. The Hall–Kier alpha value is -5.78. The van der Waals surface area contributed by atoms with Gasteiger partial charge in [0.1, 0.15) is 11.5 Å². The number of carbonyl (C=O) groups is 4. The number of esters is 4. The molecule has 2 aromatic carbocycles. The Morgan fingerprint density at radius 1 is 0.761 bits per heavy atom. The van der Waals surface area contributed by atoms with Gasteiger partial charge in [0.15, 0.2) is 40.8 Å². The Morgan fingerprint density at radius 3 is 1.75 bits per heavy atom. The second kappa shape index (κ2) is 17.7. The quantitative estimate of drug-likeness (QED) is 0.186. The van der Waals surface area contributed by atoms with Crippen molar-refractivity contribution in [2.45, 2.75) is 118 Å². The van der Waals surface area contributed by atoms with E-state index >= 15 is 0 Å². The average molecular weight is 927 g/mol. The molecule has 0 bridgehead atoms. The van der Waals surface area contributed by atoms with Crippen LogP contribution in [0.2, 0.25) is 0 Å². The van der Waals surface area contributed by atoms with Crippen molar-refractivity contribution in [2.75, 3.05) is 61.1 Å². The Bertz CT molecular complexity index is 2420. The summed E-state index contributed by atoms with van der Waals surface area (Å²) in [4.78, 5) is 54.6. The van der Waals surface area contributed by atoms with Gasteiger partial charge in [-0.2, -0.15) is 0 Å². The fraction of sp³-hybridized carbons (Fsp3) is 0.560. The molecule has 3 saturated heterocycles. The van der Waals surface area contributed by atoms with Crippen LogP contribution in [0.1, 0.15) is 92.4 Å². The second-order valence-corrected chi connectivity index (χ2v) is 18.7. The summed E-state index contributed by atoms with van der Waals surface area (Å²) >= 11 is 0. The molecule has 67 heavy (non-hydrogen) atoms. The van der Waals surface area contributed by atoms with Crippen molar-refractivity contribution in [3.63, 3.8) is 0 Å². The third-order valence-corrected chi connectivity index (χ3v) is 15.2. The van der Waals surface area contributed by atoms with Gasteiger partial charge in [0, 0.05) is 19.5 Å². The third kappa shape index (κ3) is 7.66. The summed E-state index contributed by atoms with van der Waals surface area (Å²) < 4.78 is 55.9. The van der Waals surface area contributed by atoms with Crippen molar-refractivity contribution >= 4 is 23.9 Å². The number of cyclic esters (lactones) is 1. The van der Waals surface area contributed by atoms with Gasteiger partial charge in [-0.3, -0.25) is 19.4 Å². The zero-order valence-electron chi connectivity index (χ0n) is 38.4. The summed E-state index contributed by atoms with van der Waals surface area (Å²) in [5.74, 6) is 1.21. The number of hydrogen-bond acceptors (Lipinski definition) is 17. The van der Waals surface area contributed by atoms with Crippen molar-refractivity contribution in [1.29, 1.82) is 0 Å². The standard InChI is InChI=1S/C28H35NO8.C22H23NO7/c1-4-5-6-10-28(32,16-23(30)34-3)26(31)37-25-22(33-2)15-27-9-7-11-29(27)12-8-18-13-20-21(36-17-35-20)14-19(18)24(25)27;1-26-17-10-22-4-2-5-23(22)6-3-12-7-14-15(28-11-27-14)8-13(12)19(22)20(17)30-21(25)16-9-18(24)29-16/h5-6,13-15,24-25,32H,4,7-12,16-17H2,1-3H3;7-8,10,16,19-20H,2-6,9,11H2,1H3/b6-5+;/t24-,25-,27+,28-;16-,19-,20-,22+/m11/s1. The molecule has 2 spiro atoms. The molecule has 9 aliphatic rings. The first-order valence-electron chi connectivity index (χ1n) is 23.4. The van der Waals surface area contributed by atoms with Crippen molar-refractivity contribution < 1.29 is 71.7 Å². The normalized spacial score (nSPS) is 30.2. The summed E-state index contributed by atoms with van der Waals surface area (Å²) in [7, 11) is 4.40. The molecule has 8 atom stereocenters. The van der Waals surface area contributed by atoms with Crippen LogP contribution in [0.25, 0.3) is 0 Å². The van der Waals surface area contributed by atoms with Gasteiger partial charge in [0.05, 0.1) is 57.1 Å². The topological polar surface area (TPSA) is 187 Å². The lowest BCUT2D eigenvalue weighted by Gasteiger charge is -2.39. The van der Waals surface area contributed by atoms with E-state index in [0.29, 0.717) is 17.3 Å². The van der Waals surface area contributed by atoms with E-state index in [1.54, 1.807) is 20.3 Å². The van der Waals surface area contributed by atoms with Crippen molar-refractivity contribution in [3.8, 4) is 23.0 Å². The van der Waals surface area contributed by atoms with Gasteiger partial charge in [-0.05, 0) is 117 Å². The molecule has 2 aromatic rings. The minimum absolute atomic E-state index is 0.0643. The lowest BCUT2D eigenvalue weighted by molar-refractivity contribution is -0.189. The molecule has 0 amide bonds. The van der Waals surface area contributed by atoms with E-state index in [1.807, 2.05) is 31.2 Å². The lowest BCUT2D eigenvalue weighted by Crippen LogP contribution is -2.49. The van der Waals surface area contributed by atoms with Gasteiger partial charge in [-0.15, -0.1) is 0 Å². The number of carbonyl (C=O) groups excluding carboxylic acids is 4. The fourth-order valence-corrected chi connectivity index (χ4v) is 12.0. The van der Waals surface area contributed by atoms with E-state index in [1.165, 1.54) is 12.7 Å². The van der Waals surface area contributed by atoms with Gasteiger partial charge in [-0.25, -0.2) is 9.59 Å². The van der Waals surface area contributed by atoms with E-state index < -0.39 is 53.8 Å². The van der Waals surface area contributed by atoms with Crippen molar-refractivity contribution in [1.82, 2.24) is 9.80 Å². The fourth-order valence-electron chi connectivity index (χ4n) is 12.0. The van der Waals surface area contributed by atoms with Gasteiger partial charge < -0.3 is 52.5 Å². The average Bonchev–Trinajstić information content (AvgIpc) is 4.18. The van der Waals surface area contributed by atoms with E-state index in [9.17, 15) is 24.3 Å². The van der Waals surface area contributed by atoms with E-state index in [-0.39, 0.29) is 49.8 Å². The number of benzene rings is 2. The van der Waals surface area contributed by atoms with E-state index in [0.717, 1.165) is 105 Å². The smallest absolute Gasteiger partial charge is 0.348 e. The van der Waals surface area contributed by atoms with Crippen LogP contribution in [0.4, 0.5) is 0 Å². The molecule has 0 saturated carbocycles. The first-order chi connectivity index (χ1) is 32.4.